The lowest BCUT2D eigenvalue weighted by molar-refractivity contribution is -0.137. The van der Waals surface area contributed by atoms with Crippen molar-refractivity contribution in [2.75, 3.05) is 37.8 Å². The predicted molar refractivity (Wildman–Crippen MR) is 194 cm³/mol. The van der Waals surface area contributed by atoms with E-state index in [2.05, 4.69) is 41.0 Å². The number of nitrogens with zero attached hydrogens (tertiary/aromatic N) is 4. The highest BCUT2D eigenvalue weighted by molar-refractivity contribution is 8.13. The number of thioether (sulfide) groups is 1. The normalized spacial score (nSPS) is 21.9. The number of aliphatic hydroxyl groups excluding tert-OH is 2. The van der Waals surface area contributed by atoms with Gasteiger partial charge in [-0.1, -0.05) is 31.7 Å². The van der Waals surface area contributed by atoms with Gasteiger partial charge < -0.3 is 50.9 Å². The van der Waals surface area contributed by atoms with Gasteiger partial charge >= 0.3 is 31.1 Å². The van der Waals surface area contributed by atoms with Crippen LogP contribution in [0.4, 0.5) is 5.82 Å². The van der Waals surface area contributed by atoms with Crippen LogP contribution in [0.25, 0.3) is 11.2 Å². The number of carbonyl (C=O) groups is 3. The molecule has 3 rings (SSSR count). The molecule has 2 amide bonds. The van der Waals surface area contributed by atoms with Gasteiger partial charge in [0.05, 0.1) is 25.2 Å². The molecule has 1 saturated heterocycles. The number of phosphoric ester groups is 3. The fourth-order valence-electron chi connectivity index (χ4n) is 4.77. The van der Waals surface area contributed by atoms with Crippen LogP contribution in [0.3, 0.4) is 0 Å². The summed E-state index contributed by atoms with van der Waals surface area (Å²) in [5, 5.41) is 25.8. The molecule has 31 heteroatoms. The summed E-state index contributed by atoms with van der Waals surface area (Å²) in [5.74, 6) is -1.47. The van der Waals surface area contributed by atoms with Gasteiger partial charge in [0.15, 0.2) is 22.8 Å². The maximum atomic E-state index is 12.7. The third-order valence-corrected chi connectivity index (χ3v) is 12.6. The summed E-state index contributed by atoms with van der Waals surface area (Å²) in [4.78, 5) is 87.3. The minimum atomic E-state index is -5.59. The molecule has 2 aromatic rings. The molecule has 3 unspecified atom stereocenters. The van der Waals surface area contributed by atoms with E-state index in [0.717, 1.165) is 35.1 Å². The Bertz CT molecular complexity index is 1990. The lowest BCUT2D eigenvalue weighted by atomic mass is 9.87. The van der Waals surface area contributed by atoms with E-state index in [0.29, 0.717) is 0 Å². The molecule has 2 aromatic heterocycles. The van der Waals surface area contributed by atoms with Gasteiger partial charge in [-0.15, -0.1) is 6.58 Å². The summed E-state index contributed by atoms with van der Waals surface area (Å²) in [6.45, 7) is 3.50. The molecule has 0 bridgehead atoms. The van der Waals surface area contributed by atoms with E-state index >= 15 is 0 Å². The Balaban J connectivity index is 1.48. The Morgan fingerprint density at radius 3 is 2.40 bits per heavy atom. The molecule has 1 fully saturated rings. The van der Waals surface area contributed by atoms with Gasteiger partial charge in [-0.3, -0.25) is 32.5 Å². The molecule has 0 aromatic carbocycles. The molecular weight excluding hydrogens is 870 g/mol. The van der Waals surface area contributed by atoms with Crippen LogP contribution >= 0.6 is 42.9 Å². The van der Waals surface area contributed by atoms with Crippen molar-refractivity contribution in [3.63, 3.8) is 0 Å². The topological polar surface area (TPSA) is 398 Å². The molecule has 1 aliphatic rings. The van der Waals surface area contributed by atoms with Crippen molar-refractivity contribution in [2.24, 2.45) is 5.41 Å². The molecule has 0 aliphatic carbocycles. The second-order valence-electron chi connectivity index (χ2n) is 12.6. The van der Waals surface area contributed by atoms with Gasteiger partial charge in [0.2, 0.25) is 11.8 Å². The van der Waals surface area contributed by atoms with Crippen LogP contribution in [0.5, 0.6) is 0 Å². The second-order valence-corrected chi connectivity index (χ2v) is 19.2. The first kappa shape index (κ1) is 48.6. The Labute approximate surface area is 327 Å². The summed E-state index contributed by atoms with van der Waals surface area (Å²) in [5.41, 5.74) is 3.19. The third kappa shape index (κ3) is 14.8. The number of fused-ring (bicyclic) bond motifs is 1. The van der Waals surface area contributed by atoms with E-state index in [1.165, 1.54) is 13.8 Å². The number of aromatic nitrogens is 4. The Morgan fingerprint density at radius 2 is 1.77 bits per heavy atom. The number of aliphatic hydroxyl groups is 2. The summed E-state index contributed by atoms with van der Waals surface area (Å²) in [7, 11) is -19.3. The Hall–Kier alpha value is -2.80. The number of hydrogen-bond donors (Lipinski definition) is 9. The van der Waals surface area contributed by atoms with Gasteiger partial charge in [0.1, 0.15) is 36.3 Å². The maximum Gasteiger partial charge on any atom is 0.481 e. The van der Waals surface area contributed by atoms with Gasteiger partial charge in [0.25, 0.3) is 0 Å². The van der Waals surface area contributed by atoms with Crippen LogP contribution in [-0.2, 0) is 59.8 Å². The molecular formula is C26H41N7O19P4S. The minimum Gasteiger partial charge on any atom is -0.386 e. The number of imidazole rings is 1. The van der Waals surface area contributed by atoms with Crippen molar-refractivity contribution in [1.82, 2.24) is 30.2 Å². The van der Waals surface area contributed by atoms with E-state index in [4.69, 9.17) is 19.5 Å². The minimum absolute atomic E-state index is 0.0173. The highest BCUT2D eigenvalue weighted by Crippen LogP contribution is 2.61. The van der Waals surface area contributed by atoms with E-state index in [1.54, 1.807) is 0 Å². The van der Waals surface area contributed by atoms with Gasteiger partial charge in [-0.05, 0) is 0 Å². The first-order valence-corrected chi connectivity index (χ1v) is 22.9. The standard InChI is InChI=1S/C26H41N7O19P4S/c1-4-14(53(39)40)9-17(35)57-8-7-28-16(34)5-6-29-24(38)21(37)26(2,3)11-49-56(46,47)52-55(44,45)48-10-15-20(51-54(41,42)43)19(36)25(50-15)33-13-32-18-22(27)30-12-31-23(18)33/h4,12-15,19-21,25,36-37H,1,5-11H2,2-3H3,(H,28,34)(H,29,38)(H,44,45)(H,46,47)(H2,27,30,31)(H2,41,42,43)/t14?,15-,19-,20-,21+,25-/m1/s1. The predicted octanol–water partition coefficient (Wildman–Crippen LogP) is -0.218. The molecule has 0 spiro atoms. The number of carbonyl (C=O) groups excluding carboxylic acids is 3. The molecule has 3 heterocycles. The molecule has 8 atom stereocenters. The molecule has 0 saturated carbocycles. The number of phosphoric acid groups is 3. The zero-order chi connectivity index (χ0) is 42.9. The highest BCUT2D eigenvalue weighted by Gasteiger charge is 2.50. The monoisotopic (exact) mass is 911 g/mol. The Kier molecular flexibility index (Phi) is 17.4. The fourth-order valence-corrected chi connectivity index (χ4v) is 8.94. The zero-order valence-corrected chi connectivity index (χ0v) is 34.3. The number of nitrogens with one attached hydrogen (secondary N) is 2. The smallest absolute Gasteiger partial charge is 0.386 e. The van der Waals surface area contributed by atoms with E-state index in [1.807, 2.05) is 0 Å². The van der Waals surface area contributed by atoms with Crippen LogP contribution in [0.2, 0.25) is 0 Å². The number of anilines is 1. The fraction of sp³-hybridized carbons (Fsp3) is 0.615. The number of nitrogen functional groups attached to an aromatic ring is 1. The van der Waals surface area contributed by atoms with Crippen LogP contribution in [0, 0.1) is 5.41 Å². The van der Waals surface area contributed by atoms with Gasteiger partial charge in [-0.2, -0.15) is 4.31 Å². The number of hydrogen-bond acceptors (Lipinski definition) is 20. The molecule has 320 valence electrons. The maximum absolute atomic E-state index is 12.7. The van der Waals surface area contributed by atoms with E-state index < -0.39 is 103 Å². The molecule has 57 heavy (non-hydrogen) atoms. The van der Waals surface area contributed by atoms with Crippen LogP contribution in [-0.4, -0.2) is 128 Å². The van der Waals surface area contributed by atoms with Gasteiger partial charge in [-0.25, -0.2) is 37.8 Å². The summed E-state index contributed by atoms with van der Waals surface area (Å²) < 4.78 is 84.0. The molecule has 1 aliphatic heterocycles. The van der Waals surface area contributed by atoms with Crippen molar-refractivity contribution in [3.8, 4) is 0 Å². The summed E-state index contributed by atoms with van der Waals surface area (Å²) in [6, 6.07) is 0. The van der Waals surface area contributed by atoms with E-state index in [-0.39, 0.29) is 48.7 Å². The first-order chi connectivity index (χ1) is 26.4. The number of allylic oxidation sites excluding steroid dienone is 1. The van der Waals surface area contributed by atoms with Crippen molar-refractivity contribution in [3.05, 3.63) is 25.3 Å². The van der Waals surface area contributed by atoms with Crippen molar-refractivity contribution in [2.45, 2.75) is 63.0 Å². The molecule has 0 radical (unpaired) electrons. The van der Waals surface area contributed by atoms with Crippen molar-refractivity contribution in [1.29, 1.82) is 0 Å². The summed E-state index contributed by atoms with van der Waals surface area (Å²) >= 11 is 0.816. The van der Waals surface area contributed by atoms with E-state index in [9.17, 15) is 67.0 Å². The lowest BCUT2D eigenvalue weighted by Crippen LogP contribution is -2.46. The largest absolute Gasteiger partial charge is 0.481 e. The average Bonchev–Trinajstić information content (AvgIpc) is 3.66. The SMILES string of the molecule is C=CC(CC(=O)SCCNC(=O)CCNC(=O)[C@H](O)C(C)(C)COP(=O)(O)OP(=O)(O)OC[C@H]1O[C@@H](n2cnc3c(N)ncnc32)[C@H](O)[C@@H]1OP(=O)(O)O)P(=O)=O. The van der Waals surface area contributed by atoms with Gasteiger partial charge in [0, 0.05) is 37.1 Å². The molecule has 10 N–H and O–H groups in total. The van der Waals surface area contributed by atoms with Crippen LogP contribution in [0.15, 0.2) is 25.3 Å². The van der Waals surface area contributed by atoms with Crippen LogP contribution in [0.1, 0.15) is 32.9 Å². The Morgan fingerprint density at radius 1 is 1.11 bits per heavy atom. The summed E-state index contributed by atoms with van der Waals surface area (Å²) in [6.07, 6.45) is -6.25. The number of ether oxygens (including phenoxy) is 1. The number of nitrogens with two attached hydrogens (primary N) is 1. The van der Waals surface area contributed by atoms with Crippen molar-refractivity contribution >= 4 is 76.8 Å². The second kappa shape index (κ2) is 20.4. The quantitative estimate of drug-likeness (QED) is 0.0395. The first-order valence-electron chi connectivity index (χ1n) is 16.2. The lowest BCUT2D eigenvalue weighted by Gasteiger charge is -2.30. The third-order valence-electron chi connectivity index (χ3n) is 7.68. The zero-order valence-electron chi connectivity index (χ0n) is 29.9. The highest BCUT2D eigenvalue weighted by atomic mass is 32.2. The van der Waals surface area contributed by atoms with Crippen molar-refractivity contribution < 1.29 is 89.6 Å². The number of rotatable bonds is 23. The number of amides is 2. The van der Waals surface area contributed by atoms with Crippen LogP contribution < -0.4 is 16.4 Å². The average molecular weight is 912 g/mol. The molecule has 26 nitrogen and oxygen atoms in total.